The maximum absolute atomic E-state index is 12.1. The Bertz CT molecular complexity index is 491. The van der Waals surface area contributed by atoms with E-state index in [-0.39, 0.29) is 23.8 Å². The molecule has 1 fully saturated rings. The lowest BCUT2D eigenvalue weighted by Gasteiger charge is -2.25. The first-order valence-corrected chi connectivity index (χ1v) is 7.44. The van der Waals surface area contributed by atoms with Gasteiger partial charge in [0.05, 0.1) is 0 Å². The molecule has 1 aromatic carbocycles. The summed E-state index contributed by atoms with van der Waals surface area (Å²) in [4.78, 5) is 23.5. The molecular weight excluding hydrogens is 266 g/mol. The summed E-state index contributed by atoms with van der Waals surface area (Å²) in [5.41, 5.74) is 7.46. The minimum Gasteiger partial charge on any atom is -0.355 e. The van der Waals surface area contributed by atoms with Gasteiger partial charge >= 0.3 is 0 Å². The second-order valence-corrected chi connectivity index (χ2v) is 5.61. The number of rotatable bonds is 4. The van der Waals surface area contributed by atoms with E-state index in [1.165, 1.54) is 0 Å². The predicted molar refractivity (Wildman–Crippen MR) is 81.6 cm³/mol. The van der Waals surface area contributed by atoms with Crippen molar-refractivity contribution in [2.75, 3.05) is 7.05 Å². The summed E-state index contributed by atoms with van der Waals surface area (Å²) >= 11 is 0. The molecule has 4 N–H and O–H groups in total. The third-order valence-corrected chi connectivity index (χ3v) is 4.05. The molecule has 0 aromatic heterocycles. The summed E-state index contributed by atoms with van der Waals surface area (Å²) in [7, 11) is 1.60. The van der Waals surface area contributed by atoms with Crippen LogP contribution in [0.15, 0.2) is 24.3 Å². The Morgan fingerprint density at radius 1 is 1.14 bits per heavy atom. The van der Waals surface area contributed by atoms with Crippen molar-refractivity contribution in [3.8, 4) is 0 Å². The molecule has 5 heteroatoms. The Morgan fingerprint density at radius 3 is 2.33 bits per heavy atom. The van der Waals surface area contributed by atoms with Crippen molar-refractivity contribution < 1.29 is 9.59 Å². The van der Waals surface area contributed by atoms with Gasteiger partial charge in [0.15, 0.2) is 0 Å². The van der Waals surface area contributed by atoms with Gasteiger partial charge in [-0.2, -0.15) is 0 Å². The number of benzene rings is 1. The van der Waals surface area contributed by atoms with Gasteiger partial charge in [-0.05, 0) is 43.4 Å². The van der Waals surface area contributed by atoms with Crippen molar-refractivity contribution in [2.24, 2.45) is 11.7 Å². The van der Waals surface area contributed by atoms with Crippen LogP contribution in [-0.4, -0.2) is 24.9 Å². The van der Waals surface area contributed by atoms with Crippen LogP contribution in [0.5, 0.6) is 0 Å². The Balaban J connectivity index is 1.82. The molecule has 0 spiro atoms. The van der Waals surface area contributed by atoms with E-state index in [0.29, 0.717) is 12.1 Å². The van der Waals surface area contributed by atoms with E-state index < -0.39 is 0 Å². The molecule has 5 nitrogen and oxygen atoms in total. The van der Waals surface area contributed by atoms with E-state index in [4.69, 9.17) is 5.73 Å². The highest BCUT2D eigenvalue weighted by atomic mass is 16.2. The second-order valence-electron chi connectivity index (χ2n) is 5.61. The van der Waals surface area contributed by atoms with Gasteiger partial charge in [-0.15, -0.1) is 0 Å². The highest BCUT2D eigenvalue weighted by molar-refractivity contribution is 5.93. The number of nitrogens with two attached hydrogens (primary N) is 1. The lowest BCUT2D eigenvalue weighted by atomic mass is 9.86. The lowest BCUT2D eigenvalue weighted by Crippen LogP contribution is -2.35. The van der Waals surface area contributed by atoms with Crippen molar-refractivity contribution >= 4 is 11.8 Å². The van der Waals surface area contributed by atoms with Crippen LogP contribution < -0.4 is 16.4 Å². The molecular formula is C16H23N3O2. The first kappa shape index (κ1) is 15.5. The summed E-state index contributed by atoms with van der Waals surface area (Å²) in [6.07, 6.45) is 3.61. The fourth-order valence-corrected chi connectivity index (χ4v) is 2.63. The summed E-state index contributed by atoms with van der Waals surface area (Å²) < 4.78 is 0. The third kappa shape index (κ3) is 4.29. The molecule has 2 amide bonds. The van der Waals surface area contributed by atoms with Gasteiger partial charge in [0.25, 0.3) is 5.91 Å². The van der Waals surface area contributed by atoms with Crippen LogP contribution in [-0.2, 0) is 11.3 Å². The Labute approximate surface area is 125 Å². The zero-order valence-corrected chi connectivity index (χ0v) is 12.4. The molecule has 0 bridgehead atoms. The number of carbonyl (C=O) groups excluding carboxylic acids is 2. The number of amides is 2. The summed E-state index contributed by atoms with van der Waals surface area (Å²) in [6.45, 7) is 0.495. The fraction of sp³-hybridized carbons (Fsp3) is 0.500. The van der Waals surface area contributed by atoms with Gasteiger partial charge in [-0.1, -0.05) is 12.1 Å². The average molecular weight is 289 g/mol. The third-order valence-electron chi connectivity index (χ3n) is 4.05. The molecule has 21 heavy (non-hydrogen) atoms. The Morgan fingerprint density at radius 2 is 1.76 bits per heavy atom. The van der Waals surface area contributed by atoms with E-state index in [0.717, 1.165) is 31.2 Å². The minimum absolute atomic E-state index is 0.0925. The van der Waals surface area contributed by atoms with Crippen molar-refractivity contribution in [3.63, 3.8) is 0 Å². The van der Waals surface area contributed by atoms with Gasteiger partial charge in [0.2, 0.25) is 5.91 Å². The number of hydrogen-bond acceptors (Lipinski definition) is 3. The van der Waals surface area contributed by atoms with Gasteiger partial charge in [0.1, 0.15) is 0 Å². The van der Waals surface area contributed by atoms with Crippen LogP contribution in [0.3, 0.4) is 0 Å². The summed E-state index contributed by atoms with van der Waals surface area (Å²) in [5.74, 6) is 0.0938. The predicted octanol–water partition coefficient (Wildman–Crippen LogP) is 1.18. The van der Waals surface area contributed by atoms with Crippen molar-refractivity contribution in [1.82, 2.24) is 10.6 Å². The molecule has 1 saturated carbocycles. The standard InChI is InChI=1S/C16H23N3O2/c1-18-15(20)12-4-2-11(3-5-12)10-19-16(21)13-6-8-14(17)9-7-13/h2-5,13-14H,6-10,17H2,1H3,(H,18,20)(H,19,21). The smallest absolute Gasteiger partial charge is 0.251 e. The zero-order chi connectivity index (χ0) is 15.2. The molecule has 114 valence electrons. The van der Waals surface area contributed by atoms with Gasteiger partial charge in [-0.3, -0.25) is 9.59 Å². The fourth-order valence-electron chi connectivity index (χ4n) is 2.63. The summed E-state index contributed by atoms with van der Waals surface area (Å²) in [5, 5.41) is 5.54. The highest BCUT2D eigenvalue weighted by Crippen LogP contribution is 2.23. The van der Waals surface area contributed by atoms with Crippen molar-refractivity contribution in [2.45, 2.75) is 38.3 Å². The number of nitrogens with one attached hydrogen (secondary N) is 2. The quantitative estimate of drug-likeness (QED) is 0.778. The maximum Gasteiger partial charge on any atom is 0.251 e. The van der Waals surface area contributed by atoms with Crippen LogP contribution in [0.1, 0.15) is 41.6 Å². The van der Waals surface area contributed by atoms with Crippen LogP contribution >= 0.6 is 0 Å². The molecule has 0 radical (unpaired) electrons. The molecule has 0 unspecified atom stereocenters. The summed E-state index contributed by atoms with van der Waals surface area (Å²) in [6, 6.07) is 7.51. The average Bonchev–Trinajstić information content (AvgIpc) is 2.53. The van der Waals surface area contributed by atoms with Gasteiger partial charge in [0, 0.05) is 31.1 Å². The van der Waals surface area contributed by atoms with Crippen LogP contribution in [0.25, 0.3) is 0 Å². The molecule has 0 aliphatic heterocycles. The number of carbonyl (C=O) groups is 2. The minimum atomic E-state index is -0.107. The second kappa shape index (κ2) is 7.22. The molecule has 1 aliphatic carbocycles. The van der Waals surface area contributed by atoms with Crippen molar-refractivity contribution in [3.05, 3.63) is 35.4 Å². The highest BCUT2D eigenvalue weighted by Gasteiger charge is 2.24. The maximum atomic E-state index is 12.1. The molecule has 1 aliphatic rings. The molecule has 0 heterocycles. The van der Waals surface area contributed by atoms with E-state index in [2.05, 4.69) is 10.6 Å². The largest absolute Gasteiger partial charge is 0.355 e. The molecule has 2 rings (SSSR count). The SMILES string of the molecule is CNC(=O)c1ccc(CNC(=O)C2CCC(N)CC2)cc1. The first-order valence-electron chi connectivity index (χ1n) is 7.44. The molecule has 0 saturated heterocycles. The molecule has 1 aromatic rings. The zero-order valence-electron chi connectivity index (χ0n) is 12.4. The monoisotopic (exact) mass is 289 g/mol. The van der Waals surface area contributed by atoms with Gasteiger partial charge in [-0.25, -0.2) is 0 Å². The first-order chi connectivity index (χ1) is 10.1. The normalized spacial score (nSPS) is 21.6. The molecule has 0 atom stereocenters. The van der Waals surface area contributed by atoms with Crippen LogP contribution in [0, 0.1) is 5.92 Å². The Hall–Kier alpha value is -1.88. The van der Waals surface area contributed by atoms with E-state index >= 15 is 0 Å². The van der Waals surface area contributed by atoms with Gasteiger partial charge < -0.3 is 16.4 Å². The Kier molecular flexibility index (Phi) is 5.33. The lowest BCUT2D eigenvalue weighted by molar-refractivity contribution is -0.126. The van der Waals surface area contributed by atoms with E-state index in [1.54, 1.807) is 19.2 Å². The van der Waals surface area contributed by atoms with E-state index in [9.17, 15) is 9.59 Å². The number of hydrogen-bond donors (Lipinski definition) is 3. The topological polar surface area (TPSA) is 84.2 Å². The van der Waals surface area contributed by atoms with E-state index in [1.807, 2.05) is 12.1 Å². The van der Waals surface area contributed by atoms with Crippen molar-refractivity contribution in [1.29, 1.82) is 0 Å². The van der Waals surface area contributed by atoms with Crippen LogP contribution in [0.4, 0.5) is 0 Å². The van der Waals surface area contributed by atoms with Crippen LogP contribution in [0.2, 0.25) is 0 Å².